The minimum Gasteiger partial charge on any atom is -0.453 e. The van der Waals surface area contributed by atoms with E-state index in [9.17, 15) is 9.59 Å². The van der Waals surface area contributed by atoms with E-state index in [0.717, 1.165) is 6.42 Å². The Balaban J connectivity index is 2.63. The fraction of sp³-hybridized carbons (Fsp3) is 0.750. The Kier molecular flexibility index (Phi) is 2.68. The zero-order chi connectivity index (χ0) is 9.14. The van der Waals surface area contributed by atoms with Gasteiger partial charge in [0, 0.05) is 13.0 Å². The predicted molar refractivity (Wildman–Crippen MR) is 42.8 cm³/mol. The number of rotatable bonds is 0. The highest BCUT2D eigenvalue weighted by atomic mass is 16.5. The molecule has 0 aromatic rings. The van der Waals surface area contributed by atoms with E-state index < -0.39 is 6.09 Å². The fourth-order valence-corrected chi connectivity index (χ4v) is 1.37. The summed E-state index contributed by atoms with van der Waals surface area (Å²) < 4.78 is 4.54. The maximum atomic E-state index is 11.2. The van der Waals surface area contributed by atoms with Gasteiger partial charge in [-0.05, 0) is 13.3 Å². The van der Waals surface area contributed by atoms with Crippen LogP contribution >= 0.6 is 0 Å². The van der Waals surface area contributed by atoms with Crippen molar-refractivity contribution in [2.45, 2.75) is 25.8 Å². The molecule has 1 aliphatic rings. The molecular formula is C8H13NO3. The first-order valence-corrected chi connectivity index (χ1v) is 4.04. The first-order chi connectivity index (χ1) is 5.66. The number of likely N-dealkylation sites (tertiary alicyclic amines) is 1. The van der Waals surface area contributed by atoms with Crippen molar-refractivity contribution in [3.8, 4) is 0 Å². The number of ketones is 1. The van der Waals surface area contributed by atoms with Gasteiger partial charge in [0.2, 0.25) is 0 Å². The van der Waals surface area contributed by atoms with Gasteiger partial charge in [-0.2, -0.15) is 0 Å². The number of piperidine rings is 1. The van der Waals surface area contributed by atoms with Gasteiger partial charge >= 0.3 is 6.09 Å². The number of carbonyl (C=O) groups excluding carboxylic acids is 2. The molecule has 1 unspecified atom stereocenters. The van der Waals surface area contributed by atoms with E-state index in [-0.39, 0.29) is 11.8 Å². The van der Waals surface area contributed by atoms with Crippen molar-refractivity contribution in [1.29, 1.82) is 0 Å². The van der Waals surface area contributed by atoms with E-state index in [2.05, 4.69) is 4.74 Å². The summed E-state index contributed by atoms with van der Waals surface area (Å²) in [5.41, 5.74) is 0. The van der Waals surface area contributed by atoms with Gasteiger partial charge in [-0.1, -0.05) is 0 Å². The van der Waals surface area contributed by atoms with E-state index in [1.807, 2.05) is 0 Å². The van der Waals surface area contributed by atoms with Gasteiger partial charge in [-0.25, -0.2) is 4.79 Å². The quantitative estimate of drug-likeness (QED) is 0.541. The molecule has 68 valence electrons. The summed E-state index contributed by atoms with van der Waals surface area (Å²) >= 11 is 0. The van der Waals surface area contributed by atoms with E-state index in [1.165, 1.54) is 12.0 Å². The molecule has 0 aromatic heterocycles. The Hall–Kier alpha value is -1.06. The molecule has 4 heteroatoms. The summed E-state index contributed by atoms with van der Waals surface area (Å²) in [6.07, 6.45) is 0.919. The lowest BCUT2D eigenvalue weighted by atomic mass is 10.0. The lowest BCUT2D eigenvalue weighted by Crippen LogP contribution is -2.47. The van der Waals surface area contributed by atoms with Crippen molar-refractivity contribution >= 4 is 11.9 Å². The summed E-state index contributed by atoms with van der Waals surface area (Å²) in [6.45, 7) is 2.36. The van der Waals surface area contributed by atoms with Crippen LogP contribution in [0.25, 0.3) is 0 Å². The molecule has 0 bridgehead atoms. The number of methoxy groups -OCH3 is 1. The molecule has 1 fully saturated rings. The molecule has 0 saturated carbocycles. The first kappa shape index (κ1) is 9.03. The highest BCUT2D eigenvalue weighted by Crippen LogP contribution is 2.13. The summed E-state index contributed by atoms with van der Waals surface area (Å²) in [5, 5.41) is 0. The second kappa shape index (κ2) is 3.56. The molecule has 12 heavy (non-hydrogen) atoms. The molecule has 1 atom stereocenters. The van der Waals surface area contributed by atoms with Gasteiger partial charge in [0.1, 0.15) is 0 Å². The van der Waals surface area contributed by atoms with E-state index in [0.29, 0.717) is 13.0 Å². The third-order valence-corrected chi connectivity index (χ3v) is 2.16. The van der Waals surface area contributed by atoms with Crippen molar-refractivity contribution < 1.29 is 14.3 Å². The van der Waals surface area contributed by atoms with E-state index >= 15 is 0 Å². The third kappa shape index (κ3) is 1.57. The number of nitrogens with zero attached hydrogens (tertiary/aromatic N) is 1. The van der Waals surface area contributed by atoms with Gasteiger partial charge in [0.25, 0.3) is 0 Å². The smallest absolute Gasteiger partial charge is 0.410 e. The molecule has 1 amide bonds. The Morgan fingerprint density at radius 2 is 2.33 bits per heavy atom. The summed E-state index contributed by atoms with van der Waals surface area (Å²) in [6, 6.07) is -0.314. The van der Waals surface area contributed by atoms with Crippen LogP contribution in [0.3, 0.4) is 0 Å². The van der Waals surface area contributed by atoms with Crippen molar-refractivity contribution in [2.75, 3.05) is 13.7 Å². The van der Waals surface area contributed by atoms with Gasteiger partial charge in [-0.15, -0.1) is 0 Å². The monoisotopic (exact) mass is 171 g/mol. The van der Waals surface area contributed by atoms with Crippen molar-refractivity contribution in [1.82, 2.24) is 4.90 Å². The molecule has 0 N–H and O–H groups in total. The van der Waals surface area contributed by atoms with E-state index in [1.54, 1.807) is 6.92 Å². The molecule has 1 aliphatic heterocycles. The number of ether oxygens (including phenoxy) is 1. The normalized spacial score (nSPS) is 24.0. The molecule has 4 nitrogen and oxygen atoms in total. The zero-order valence-corrected chi connectivity index (χ0v) is 7.37. The second-order valence-corrected chi connectivity index (χ2v) is 2.91. The minimum atomic E-state index is -0.407. The van der Waals surface area contributed by atoms with Crippen LogP contribution in [-0.4, -0.2) is 36.5 Å². The van der Waals surface area contributed by atoms with Crippen LogP contribution in [0.1, 0.15) is 19.8 Å². The van der Waals surface area contributed by atoms with Crippen molar-refractivity contribution in [2.24, 2.45) is 0 Å². The molecule has 0 radical (unpaired) electrons. The number of carbonyl (C=O) groups is 2. The predicted octanol–water partition coefficient (Wildman–Crippen LogP) is 0.806. The molecule has 1 heterocycles. The topological polar surface area (TPSA) is 46.6 Å². The Morgan fingerprint density at radius 1 is 1.67 bits per heavy atom. The first-order valence-electron chi connectivity index (χ1n) is 4.04. The van der Waals surface area contributed by atoms with Crippen LogP contribution in [0.15, 0.2) is 0 Å². The third-order valence-electron chi connectivity index (χ3n) is 2.16. The molecule has 0 aliphatic carbocycles. The lowest BCUT2D eigenvalue weighted by Gasteiger charge is -2.30. The van der Waals surface area contributed by atoms with Crippen LogP contribution in [0, 0.1) is 0 Å². The maximum absolute atomic E-state index is 11.2. The average Bonchev–Trinajstić information content (AvgIpc) is 2.08. The molecule has 1 rings (SSSR count). The van der Waals surface area contributed by atoms with Crippen LogP contribution in [0.5, 0.6) is 0 Å². The van der Waals surface area contributed by atoms with Crippen LogP contribution in [0.4, 0.5) is 4.79 Å². The highest BCUT2D eigenvalue weighted by Gasteiger charge is 2.29. The molecule has 0 aromatic carbocycles. The molecular weight excluding hydrogens is 158 g/mol. The number of amides is 1. The SMILES string of the molecule is COC(=O)N1CCCC(=O)C1C. The van der Waals surface area contributed by atoms with E-state index in [4.69, 9.17) is 0 Å². The van der Waals surface area contributed by atoms with Gasteiger partial charge in [0.05, 0.1) is 13.2 Å². The average molecular weight is 171 g/mol. The standard InChI is InChI=1S/C8H13NO3/c1-6-7(10)4-3-5-9(6)8(11)12-2/h6H,3-5H2,1-2H3. The summed E-state index contributed by atoms with van der Waals surface area (Å²) in [4.78, 5) is 23.7. The minimum absolute atomic E-state index is 0.117. The Morgan fingerprint density at radius 3 is 2.92 bits per heavy atom. The molecule has 0 spiro atoms. The van der Waals surface area contributed by atoms with Gasteiger partial charge < -0.3 is 4.74 Å². The number of hydrogen-bond acceptors (Lipinski definition) is 3. The summed E-state index contributed by atoms with van der Waals surface area (Å²) in [5.74, 6) is 0.117. The van der Waals surface area contributed by atoms with Crippen molar-refractivity contribution in [3.05, 3.63) is 0 Å². The van der Waals surface area contributed by atoms with Crippen LogP contribution in [0.2, 0.25) is 0 Å². The van der Waals surface area contributed by atoms with Gasteiger partial charge in [-0.3, -0.25) is 9.69 Å². The highest BCUT2D eigenvalue weighted by molar-refractivity contribution is 5.88. The fourth-order valence-electron chi connectivity index (χ4n) is 1.37. The lowest BCUT2D eigenvalue weighted by molar-refractivity contribution is -0.125. The Bertz CT molecular complexity index is 202. The number of Topliss-reactive ketones (excluding diaryl/α,β-unsaturated/α-hetero) is 1. The maximum Gasteiger partial charge on any atom is 0.410 e. The van der Waals surface area contributed by atoms with Crippen molar-refractivity contribution in [3.63, 3.8) is 0 Å². The molecule has 1 saturated heterocycles. The van der Waals surface area contributed by atoms with Crippen LogP contribution < -0.4 is 0 Å². The number of hydrogen-bond donors (Lipinski definition) is 0. The summed E-state index contributed by atoms with van der Waals surface area (Å²) in [7, 11) is 1.33. The Labute approximate surface area is 71.5 Å². The zero-order valence-electron chi connectivity index (χ0n) is 7.37. The van der Waals surface area contributed by atoms with Crippen LogP contribution in [-0.2, 0) is 9.53 Å². The largest absolute Gasteiger partial charge is 0.453 e. The second-order valence-electron chi connectivity index (χ2n) is 2.91. The van der Waals surface area contributed by atoms with Gasteiger partial charge in [0.15, 0.2) is 5.78 Å².